The number of hydrogen-bond acceptors (Lipinski definition) is 3. The lowest BCUT2D eigenvalue weighted by Crippen LogP contribution is -2.52. The molecule has 6 heteroatoms. The first-order valence-corrected chi connectivity index (χ1v) is 6.93. The van der Waals surface area contributed by atoms with Gasteiger partial charge in [0.15, 0.2) is 0 Å². The summed E-state index contributed by atoms with van der Waals surface area (Å²) in [6, 6.07) is 3.91. The van der Waals surface area contributed by atoms with Crippen LogP contribution >= 0.6 is 11.6 Å². The van der Waals surface area contributed by atoms with Crippen molar-refractivity contribution in [1.82, 2.24) is 5.32 Å². The second-order valence-electron chi connectivity index (χ2n) is 5.13. The van der Waals surface area contributed by atoms with Gasteiger partial charge in [0.1, 0.15) is 11.4 Å². The van der Waals surface area contributed by atoms with Crippen molar-refractivity contribution in [2.75, 3.05) is 13.2 Å². The molecule has 1 aliphatic rings. The van der Waals surface area contributed by atoms with Gasteiger partial charge in [-0.15, -0.1) is 0 Å². The number of benzene rings is 1. The van der Waals surface area contributed by atoms with Gasteiger partial charge in [0, 0.05) is 23.7 Å². The molecule has 1 aromatic carbocycles. The van der Waals surface area contributed by atoms with Crippen molar-refractivity contribution in [2.45, 2.75) is 31.4 Å². The van der Waals surface area contributed by atoms with Crippen LogP contribution in [0.4, 0.5) is 4.39 Å². The van der Waals surface area contributed by atoms with Crippen molar-refractivity contribution in [1.29, 1.82) is 0 Å². The summed E-state index contributed by atoms with van der Waals surface area (Å²) >= 11 is 6.03. The molecule has 20 heavy (non-hydrogen) atoms. The van der Waals surface area contributed by atoms with Gasteiger partial charge in [-0.25, -0.2) is 4.39 Å². The first kappa shape index (κ1) is 15.2. The number of amides is 1. The quantitative estimate of drug-likeness (QED) is 0.873. The molecule has 1 fully saturated rings. The van der Waals surface area contributed by atoms with Gasteiger partial charge < -0.3 is 10.5 Å². The summed E-state index contributed by atoms with van der Waals surface area (Å²) < 4.78 is 18.6. The van der Waals surface area contributed by atoms with Crippen molar-refractivity contribution < 1.29 is 13.9 Å². The number of halogens is 2. The van der Waals surface area contributed by atoms with Crippen LogP contribution in [-0.2, 0) is 15.1 Å². The zero-order valence-corrected chi connectivity index (χ0v) is 12.0. The van der Waals surface area contributed by atoms with Crippen LogP contribution in [0.15, 0.2) is 18.2 Å². The van der Waals surface area contributed by atoms with Crippen molar-refractivity contribution >= 4 is 17.5 Å². The summed E-state index contributed by atoms with van der Waals surface area (Å²) in [5.74, 6) is -1.02. The molecule has 1 saturated heterocycles. The van der Waals surface area contributed by atoms with Gasteiger partial charge in [-0.1, -0.05) is 17.7 Å². The lowest BCUT2D eigenvalue weighted by molar-refractivity contribution is -0.124. The molecule has 1 amide bonds. The predicted octanol–water partition coefficient (Wildman–Crippen LogP) is 1.95. The first-order valence-electron chi connectivity index (χ1n) is 6.55. The van der Waals surface area contributed by atoms with Gasteiger partial charge in [0.05, 0.1) is 6.10 Å². The van der Waals surface area contributed by atoms with E-state index in [1.165, 1.54) is 18.2 Å². The Morgan fingerprint density at radius 1 is 1.65 bits per heavy atom. The molecule has 2 unspecified atom stereocenters. The first-order chi connectivity index (χ1) is 9.43. The van der Waals surface area contributed by atoms with Crippen LogP contribution in [-0.4, -0.2) is 25.2 Å². The molecular formula is C14H18ClFN2O2. The normalized spacial score (nSPS) is 21.6. The fraction of sp³-hybridized carbons (Fsp3) is 0.500. The van der Waals surface area contributed by atoms with Crippen LogP contribution in [0.3, 0.4) is 0 Å². The molecule has 2 rings (SSSR count). The minimum Gasteiger partial charge on any atom is -0.377 e. The van der Waals surface area contributed by atoms with Gasteiger partial charge in [-0.05, 0) is 31.9 Å². The third kappa shape index (κ3) is 3.11. The van der Waals surface area contributed by atoms with Gasteiger partial charge in [-0.2, -0.15) is 0 Å². The fourth-order valence-electron chi connectivity index (χ4n) is 2.33. The predicted molar refractivity (Wildman–Crippen MR) is 74.9 cm³/mol. The van der Waals surface area contributed by atoms with Gasteiger partial charge in [0.25, 0.3) is 0 Å². The van der Waals surface area contributed by atoms with E-state index in [4.69, 9.17) is 22.1 Å². The number of hydrogen-bond donors (Lipinski definition) is 2. The molecular weight excluding hydrogens is 283 g/mol. The Morgan fingerprint density at radius 2 is 2.40 bits per heavy atom. The smallest absolute Gasteiger partial charge is 0.242 e. The molecule has 0 aliphatic carbocycles. The van der Waals surface area contributed by atoms with Crippen molar-refractivity contribution in [3.05, 3.63) is 34.6 Å². The average molecular weight is 301 g/mol. The molecule has 2 atom stereocenters. The molecule has 1 aromatic rings. The lowest BCUT2D eigenvalue weighted by Gasteiger charge is -2.30. The maximum absolute atomic E-state index is 13.1. The molecule has 0 radical (unpaired) electrons. The summed E-state index contributed by atoms with van der Waals surface area (Å²) in [6.45, 7) is 2.87. The Balaban J connectivity index is 2.21. The van der Waals surface area contributed by atoms with E-state index in [0.29, 0.717) is 12.1 Å². The molecule has 110 valence electrons. The highest BCUT2D eigenvalue weighted by Crippen LogP contribution is 2.29. The van der Waals surface area contributed by atoms with Gasteiger partial charge >= 0.3 is 0 Å². The molecule has 0 aromatic heterocycles. The highest BCUT2D eigenvalue weighted by atomic mass is 35.5. The molecule has 0 spiro atoms. The van der Waals surface area contributed by atoms with E-state index in [1.807, 2.05) is 0 Å². The van der Waals surface area contributed by atoms with E-state index in [0.717, 1.165) is 19.4 Å². The molecule has 0 bridgehead atoms. The van der Waals surface area contributed by atoms with E-state index in [2.05, 4.69) is 5.32 Å². The topological polar surface area (TPSA) is 64.3 Å². The zero-order valence-electron chi connectivity index (χ0n) is 11.3. The molecule has 1 heterocycles. The Bertz CT molecular complexity index is 506. The summed E-state index contributed by atoms with van der Waals surface area (Å²) in [4.78, 5) is 11.8. The van der Waals surface area contributed by atoms with Crippen molar-refractivity contribution in [2.24, 2.45) is 5.73 Å². The number of primary amides is 1. The number of nitrogens with one attached hydrogen (secondary N) is 1. The van der Waals surface area contributed by atoms with Gasteiger partial charge in [0.2, 0.25) is 5.91 Å². The average Bonchev–Trinajstić information content (AvgIpc) is 2.88. The van der Waals surface area contributed by atoms with Gasteiger partial charge in [-0.3, -0.25) is 10.1 Å². The highest BCUT2D eigenvalue weighted by Gasteiger charge is 2.35. The monoisotopic (exact) mass is 300 g/mol. The van der Waals surface area contributed by atoms with Crippen molar-refractivity contribution in [3.8, 4) is 0 Å². The summed E-state index contributed by atoms with van der Waals surface area (Å²) in [6.07, 6.45) is 2.02. The second kappa shape index (κ2) is 6.08. The van der Waals surface area contributed by atoms with E-state index in [-0.39, 0.29) is 11.1 Å². The highest BCUT2D eigenvalue weighted by molar-refractivity contribution is 6.31. The molecule has 1 aliphatic heterocycles. The number of ether oxygens (including phenoxy) is 1. The van der Waals surface area contributed by atoms with Crippen LogP contribution in [0.5, 0.6) is 0 Å². The maximum atomic E-state index is 13.1. The van der Waals surface area contributed by atoms with Crippen LogP contribution in [0.25, 0.3) is 0 Å². The minimum absolute atomic E-state index is 0.0629. The zero-order chi connectivity index (χ0) is 14.8. The number of carbonyl (C=O) groups excluding carboxylic acids is 1. The summed E-state index contributed by atoms with van der Waals surface area (Å²) in [5.41, 5.74) is 4.81. The molecule has 0 saturated carbocycles. The standard InChI is InChI=1S/C14H18ClFN2O2/c1-14(13(17)19,18-8-10-3-2-6-20-10)11-5-4-9(16)7-12(11)15/h4-5,7,10,18H,2-3,6,8H2,1H3,(H2,17,19). The number of carbonyl (C=O) groups is 1. The Labute approximate surface area is 122 Å². The summed E-state index contributed by atoms with van der Waals surface area (Å²) in [7, 11) is 0. The van der Waals surface area contributed by atoms with Crippen LogP contribution in [0.1, 0.15) is 25.3 Å². The molecule has 4 nitrogen and oxygen atoms in total. The lowest BCUT2D eigenvalue weighted by atomic mass is 9.90. The van der Waals surface area contributed by atoms with Crippen LogP contribution < -0.4 is 11.1 Å². The Hall–Kier alpha value is -1.17. The van der Waals surface area contributed by atoms with E-state index >= 15 is 0 Å². The SMILES string of the molecule is CC(NCC1CCCO1)(C(N)=O)c1ccc(F)cc1Cl. The van der Waals surface area contributed by atoms with E-state index < -0.39 is 17.3 Å². The van der Waals surface area contributed by atoms with E-state index in [1.54, 1.807) is 6.92 Å². The number of rotatable bonds is 5. The summed E-state index contributed by atoms with van der Waals surface area (Å²) in [5, 5.41) is 3.28. The maximum Gasteiger partial charge on any atom is 0.242 e. The largest absolute Gasteiger partial charge is 0.377 e. The van der Waals surface area contributed by atoms with E-state index in [9.17, 15) is 9.18 Å². The third-order valence-corrected chi connectivity index (χ3v) is 3.98. The fourth-order valence-corrected chi connectivity index (χ4v) is 2.69. The minimum atomic E-state index is -1.16. The van der Waals surface area contributed by atoms with Crippen LogP contribution in [0, 0.1) is 5.82 Å². The molecule has 3 N–H and O–H groups in total. The number of nitrogens with two attached hydrogens (primary N) is 1. The van der Waals surface area contributed by atoms with Crippen LogP contribution in [0.2, 0.25) is 5.02 Å². The third-order valence-electron chi connectivity index (χ3n) is 3.67. The second-order valence-corrected chi connectivity index (χ2v) is 5.54. The van der Waals surface area contributed by atoms with Crippen molar-refractivity contribution in [3.63, 3.8) is 0 Å². The Kier molecular flexibility index (Phi) is 4.62. The Morgan fingerprint density at radius 3 is 2.95 bits per heavy atom.